The Balaban J connectivity index is 0.000000161. The Bertz CT molecular complexity index is 1140. The molecule has 0 aliphatic rings. The van der Waals surface area contributed by atoms with Crippen molar-refractivity contribution in [1.29, 1.82) is 0 Å². The number of nitrogens with one attached hydrogen (secondary N) is 2. The number of aromatic amines is 2. The molecule has 0 saturated carbocycles. The van der Waals surface area contributed by atoms with Gasteiger partial charge < -0.3 is 20.8 Å². The number of aromatic nitrogens is 2. The number of aromatic carboxylic acids is 1. The Morgan fingerprint density at radius 1 is 0.857 bits per heavy atom. The normalized spacial score (nSPS) is 10.7. The second-order valence-corrected chi connectivity index (χ2v) is 9.70. The summed E-state index contributed by atoms with van der Waals surface area (Å²) < 4.78 is 3.76. The first-order chi connectivity index (χ1) is 13.2. The van der Waals surface area contributed by atoms with E-state index in [9.17, 15) is 9.59 Å². The van der Waals surface area contributed by atoms with Gasteiger partial charge in [-0.25, -0.2) is 4.79 Å². The topological polar surface area (TPSA) is 112 Å². The van der Waals surface area contributed by atoms with Crippen molar-refractivity contribution in [3.05, 3.63) is 63.9 Å². The second kappa shape index (κ2) is 8.71. The molecular formula is C18H11Br2I2N3O3. The van der Waals surface area contributed by atoms with Crippen molar-refractivity contribution < 1.29 is 14.7 Å². The highest BCUT2D eigenvalue weighted by Crippen LogP contribution is 2.29. The van der Waals surface area contributed by atoms with Crippen LogP contribution in [0.2, 0.25) is 0 Å². The summed E-state index contributed by atoms with van der Waals surface area (Å²) in [6.07, 6.45) is 0. The molecule has 0 atom stereocenters. The van der Waals surface area contributed by atoms with Crippen LogP contribution in [0.4, 0.5) is 0 Å². The Morgan fingerprint density at radius 3 is 1.71 bits per heavy atom. The molecule has 0 spiro atoms. The molecule has 0 aliphatic carbocycles. The van der Waals surface area contributed by atoms with E-state index in [-0.39, 0.29) is 0 Å². The molecule has 6 nitrogen and oxygen atoms in total. The molecule has 0 bridgehead atoms. The number of carboxylic acids is 1. The standard InChI is InChI=1S/C9H6BrIN2O.C9H5BrINO2/c10-6-2-1-4(9(12)14)8-5(6)3-7(11)13-8;10-6-2-1-4(9(13)14)8-5(6)3-7(11)12-8/h1-3,13H,(H2,12,14);1-3,12H,(H,13,14). The van der Waals surface area contributed by atoms with Crippen LogP contribution in [0.25, 0.3) is 21.8 Å². The summed E-state index contributed by atoms with van der Waals surface area (Å²) in [4.78, 5) is 28.1. The van der Waals surface area contributed by atoms with Gasteiger partial charge in [-0.3, -0.25) is 4.79 Å². The van der Waals surface area contributed by atoms with Crippen LogP contribution < -0.4 is 5.73 Å². The number of fused-ring (bicyclic) bond motifs is 2. The van der Waals surface area contributed by atoms with Crippen molar-refractivity contribution in [2.75, 3.05) is 0 Å². The fourth-order valence-electron chi connectivity index (χ4n) is 2.69. The maximum absolute atomic E-state index is 11.1. The monoisotopic (exact) mass is 729 g/mol. The Morgan fingerprint density at radius 2 is 1.29 bits per heavy atom. The molecule has 0 saturated heterocycles. The molecule has 0 radical (unpaired) electrons. The minimum atomic E-state index is -0.916. The molecule has 2 heterocycles. The molecular weight excluding hydrogens is 720 g/mol. The number of H-pyrrole nitrogens is 2. The summed E-state index contributed by atoms with van der Waals surface area (Å²) in [5, 5.41) is 10.8. The lowest BCUT2D eigenvalue weighted by molar-refractivity contribution is 0.0698. The molecule has 0 unspecified atom stereocenters. The maximum atomic E-state index is 11.1. The molecule has 28 heavy (non-hydrogen) atoms. The molecule has 4 aromatic rings. The third kappa shape index (κ3) is 4.39. The first kappa shape index (κ1) is 21.6. The zero-order valence-electron chi connectivity index (χ0n) is 13.8. The quantitative estimate of drug-likeness (QED) is 0.194. The van der Waals surface area contributed by atoms with Gasteiger partial charge in [-0.2, -0.15) is 0 Å². The number of hydrogen-bond acceptors (Lipinski definition) is 2. The van der Waals surface area contributed by atoms with Crippen molar-refractivity contribution in [3.8, 4) is 0 Å². The SMILES string of the molecule is NC(=O)c1ccc(Br)c2cc(I)[nH]c12.O=C(O)c1ccc(Br)c2cc(I)[nH]c12. The van der Waals surface area contributed by atoms with Crippen molar-refractivity contribution >= 4 is 111 Å². The third-order valence-electron chi connectivity index (χ3n) is 3.91. The number of carbonyl (C=O) groups is 2. The second-order valence-electron chi connectivity index (χ2n) is 5.67. The first-order valence-corrected chi connectivity index (χ1v) is 11.4. The number of benzene rings is 2. The summed E-state index contributed by atoms with van der Waals surface area (Å²) in [6, 6.07) is 10.7. The van der Waals surface area contributed by atoms with Crippen molar-refractivity contribution in [2.45, 2.75) is 0 Å². The van der Waals surface area contributed by atoms with Crippen LogP contribution >= 0.6 is 77.0 Å². The Kier molecular flexibility index (Phi) is 6.72. The molecule has 5 N–H and O–H groups in total. The molecule has 0 fully saturated rings. The van der Waals surface area contributed by atoms with Crippen molar-refractivity contribution in [2.24, 2.45) is 5.73 Å². The van der Waals surface area contributed by atoms with Gasteiger partial charge >= 0.3 is 5.97 Å². The summed E-state index contributed by atoms with van der Waals surface area (Å²) in [5.41, 5.74) is 7.53. The van der Waals surface area contributed by atoms with Crippen LogP contribution in [0, 0.1) is 7.40 Å². The molecule has 2 aromatic carbocycles. The molecule has 10 heteroatoms. The van der Waals surface area contributed by atoms with E-state index in [4.69, 9.17) is 10.8 Å². The van der Waals surface area contributed by atoms with E-state index in [0.29, 0.717) is 16.6 Å². The van der Waals surface area contributed by atoms with Gasteiger partial charge in [0.2, 0.25) is 0 Å². The van der Waals surface area contributed by atoms with Crippen molar-refractivity contribution in [3.63, 3.8) is 0 Å². The number of hydrogen-bond donors (Lipinski definition) is 4. The number of primary amides is 1. The predicted octanol–water partition coefficient (Wildman–Crippen LogP) is 5.87. The van der Waals surface area contributed by atoms with Crippen LogP contribution in [0.3, 0.4) is 0 Å². The highest BCUT2D eigenvalue weighted by Gasteiger charge is 2.12. The van der Waals surface area contributed by atoms with Gasteiger partial charge in [0.1, 0.15) is 0 Å². The van der Waals surface area contributed by atoms with Crippen LogP contribution in [0.1, 0.15) is 20.7 Å². The van der Waals surface area contributed by atoms with E-state index in [1.807, 2.05) is 18.2 Å². The van der Waals surface area contributed by atoms with E-state index in [2.05, 4.69) is 87.0 Å². The van der Waals surface area contributed by atoms with Gasteiger partial charge in [0.15, 0.2) is 0 Å². The zero-order valence-corrected chi connectivity index (χ0v) is 21.3. The fourth-order valence-corrected chi connectivity index (χ4v) is 4.74. The smallest absolute Gasteiger partial charge is 0.337 e. The summed E-state index contributed by atoms with van der Waals surface area (Å²) in [6.45, 7) is 0. The number of halogens is 4. The molecule has 2 aromatic heterocycles. The minimum absolute atomic E-state index is 0.297. The Hall–Kier alpha value is -1.12. The van der Waals surface area contributed by atoms with E-state index < -0.39 is 11.9 Å². The zero-order chi connectivity index (χ0) is 20.6. The number of rotatable bonds is 2. The van der Waals surface area contributed by atoms with Gasteiger partial charge in [-0.15, -0.1) is 0 Å². The average Bonchev–Trinajstić information content (AvgIpc) is 3.19. The lowest BCUT2D eigenvalue weighted by Gasteiger charge is -1.99. The van der Waals surface area contributed by atoms with Crippen LogP contribution in [0.5, 0.6) is 0 Å². The largest absolute Gasteiger partial charge is 0.478 e. The number of carboxylic acid groups (broad SMARTS) is 1. The lowest BCUT2D eigenvalue weighted by atomic mass is 10.1. The first-order valence-electron chi connectivity index (χ1n) is 7.65. The minimum Gasteiger partial charge on any atom is -0.478 e. The summed E-state index contributed by atoms with van der Waals surface area (Å²) in [5.74, 6) is -1.33. The maximum Gasteiger partial charge on any atom is 0.337 e. The summed E-state index contributed by atoms with van der Waals surface area (Å²) >= 11 is 11.1. The van der Waals surface area contributed by atoms with Crippen LogP contribution in [-0.4, -0.2) is 27.0 Å². The van der Waals surface area contributed by atoms with E-state index in [1.54, 1.807) is 18.2 Å². The fraction of sp³-hybridized carbons (Fsp3) is 0. The molecule has 0 aliphatic heterocycles. The van der Waals surface area contributed by atoms with Gasteiger partial charge in [-0.05, 0) is 81.6 Å². The average molecular weight is 731 g/mol. The highest BCUT2D eigenvalue weighted by atomic mass is 127. The number of amides is 1. The number of nitrogens with two attached hydrogens (primary N) is 1. The van der Waals surface area contributed by atoms with Gasteiger partial charge in [0.05, 0.1) is 29.6 Å². The van der Waals surface area contributed by atoms with Crippen LogP contribution in [0.15, 0.2) is 45.3 Å². The van der Waals surface area contributed by atoms with E-state index >= 15 is 0 Å². The van der Waals surface area contributed by atoms with Gasteiger partial charge in [0.25, 0.3) is 5.91 Å². The summed E-state index contributed by atoms with van der Waals surface area (Å²) in [7, 11) is 0. The highest BCUT2D eigenvalue weighted by molar-refractivity contribution is 14.1. The molecule has 144 valence electrons. The lowest BCUT2D eigenvalue weighted by Crippen LogP contribution is -2.11. The predicted molar refractivity (Wildman–Crippen MR) is 133 cm³/mol. The van der Waals surface area contributed by atoms with E-state index in [1.165, 1.54) is 0 Å². The van der Waals surface area contributed by atoms with Gasteiger partial charge in [0, 0.05) is 19.7 Å². The molecule has 1 amide bonds. The van der Waals surface area contributed by atoms with Crippen molar-refractivity contribution in [1.82, 2.24) is 9.97 Å². The number of carbonyl (C=O) groups excluding carboxylic acids is 1. The van der Waals surface area contributed by atoms with E-state index in [0.717, 1.165) is 32.6 Å². The third-order valence-corrected chi connectivity index (χ3v) is 6.46. The van der Waals surface area contributed by atoms with Gasteiger partial charge in [-0.1, -0.05) is 31.9 Å². The Labute approximate surface area is 203 Å². The molecule has 4 rings (SSSR count). The van der Waals surface area contributed by atoms with Crippen LogP contribution in [-0.2, 0) is 0 Å².